The zero-order valence-corrected chi connectivity index (χ0v) is 14.7. The zero-order chi connectivity index (χ0) is 18.7. The molecule has 0 aliphatic heterocycles. The van der Waals surface area contributed by atoms with Gasteiger partial charge < -0.3 is 15.4 Å². The van der Waals surface area contributed by atoms with Crippen molar-refractivity contribution in [2.75, 3.05) is 17.7 Å². The molecule has 1 aliphatic carbocycles. The Morgan fingerprint density at radius 3 is 2.42 bits per heavy atom. The fourth-order valence-electron chi connectivity index (χ4n) is 2.52. The predicted octanol–water partition coefficient (Wildman–Crippen LogP) is 3.38. The van der Waals surface area contributed by atoms with Gasteiger partial charge in [0.25, 0.3) is 5.91 Å². The van der Waals surface area contributed by atoms with E-state index < -0.39 is 5.97 Å². The Kier molecular flexibility index (Phi) is 5.02. The third-order valence-corrected chi connectivity index (χ3v) is 4.25. The third kappa shape index (κ3) is 4.08. The number of rotatable bonds is 5. The van der Waals surface area contributed by atoms with Gasteiger partial charge in [0.15, 0.2) is 0 Å². The molecule has 2 aromatic rings. The highest BCUT2D eigenvalue weighted by Gasteiger charge is 2.29. The second-order valence-corrected chi connectivity index (χ2v) is 6.32. The first-order chi connectivity index (χ1) is 12.5. The van der Waals surface area contributed by atoms with Gasteiger partial charge in [0.2, 0.25) is 5.91 Å². The molecule has 6 heteroatoms. The number of anilines is 2. The monoisotopic (exact) mass is 352 g/mol. The molecule has 6 nitrogen and oxygen atoms in total. The topological polar surface area (TPSA) is 84.5 Å². The molecular weight excluding hydrogens is 332 g/mol. The van der Waals surface area contributed by atoms with Crippen molar-refractivity contribution in [1.82, 2.24) is 0 Å². The molecular formula is C20H20N2O4. The number of hydrogen-bond acceptors (Lipinski definition) is 4. The van der Waals surface area contributed by atoms with Gasteiger partial charge in [-0.25, -0.2) is 4.79 Å². The van der Waals surface area contributed by atoms with Crippen LogP contribution in [0.2, 0.25) is 0 Å². The average molecular weight is 352 g/mol. The summed E-state index contributed by atoms with van der Waals surface area (Å²) in [5.41, 5.74) is 2.82. The van der Waals surface area contributed by atoms with E-state index in [1.54, 1.807) is 30.3 Å². The Balaban J connectivity index is 1.75. The lowest BCUT2D eigenvalue weighted by Crippen LogP contribution is -2.16. The van der Waals surface area contributed by atoms with Crippen molar-refractivity contribution in [3.8, 4) is 0 Å². The summed E-state index contributed by atoms with van der Waals surface area (Å²) in [5, 5.41) is 5.69. The Hall–Kier alpha value is -3.15. The molecule has 0 saturated heterocycles. The van der Waals surface area contributed by atoms with Gasteiger partial charge in [0.1, 0.15) is 0 Å². The Labute approximate surface area is 151 Å². The van der Waals surface area contributed by atoms with E-state index in [4.69, 9.17) is 0 Å². The highest BCUT2D eigenvalue weighted by molar-refractivity contribution is 6.06. The maximum atomic E-state index is 12.5. The van der Waals surface area contributed by atoms with Crippen LogP contribution in [0.5, 0.6) is 0 Å². The van der Waals surface area contributed by atoms with Crippen molar-refractivity contribution in [3.05, 3.63) is 59.2 Å². The van der Waals surface area contributed by atoms with Gasteiger partial charge in [-0.1, -0.05) is 12.1 Å². The molecule has 3 rings (SSSR count). The minimum atomic E-state index is -0.500. The summed E-state index contributed by atoms with van der Waals surface area (Å²) in [5.74, 6) is -0.727. The van der Waals surface area contributed by atoms with E-state index in [0.29, 0.717) is 22.5 Å². The first-order valence-corrected chi connectivity index (χ1v) is 8.39. The number of amides is 2. The lowest BCUT2D eigenvalue weighted by atomic mass is 10.1. The number of carbonyl (C=O) groups is 3. The van der Waals surface area contributed by atoms with E-state index in [9.17, 15) is 14.4 Å². The number of nitrogens with one attached hydrogen (secondary N) is 2. The first-order valence-electron chi connectivity index (χ1n) is 8.39. The largest absolute Gasteiger partial charge is 0.465 e. The van der Waals surface area contributed by atoms with Crippen LogP contribution >= 0.6 is 0 Å². The van der Waals surface area contributed by atoms with E-state index in [1.165, 1.54) is 13.2 Å². The molecule has 0 spiro atoms. The molecule has 134 valence electrons. The summed E-state index contributed by atoms with van der Waals surface area (Å²) in [7, 11) is 1.29. The number of hydrogen-bond donors (Lipinski definition) is 2. The molecule has 1 aliphatic rings. The predicted molar refractivity (Wildman–Crippen MR) is 98.3 cm³/mol. The summed E-state index contributed by atoms with van der Waals surface area (Å²) >= 11 is 0. The molecule has 2 N–H and O–H groups in total. The normalized spacial score (nSPS) is 13.0. The Morgan fingerprint density at radius 2 is 1.73 bits per heavy atom. The smallest absolute Gasteiger partial charge is 0.337 e. The van der Waals surface area contributed by atoms with Crippen LogP contribution in [0.25, 0.3) is 0 Å². The van der Waals surface area contributed by atoms with Crippen LogP contribution in [-0.2, 0) is 9.53 Å². The third-order valence-electron chi connectivity index (χ3n) is 4.25. The Morgan fingerprint density at radius 1 is 1.00 bits per heavy atom. The fraction of sp³-hybridized carbons (Fsp3) is 0.250. The van der Waals surface area contributed by atoms with E-state index in [0.717, 1.165) is 18.4 Å². The second-order valence-electron chi connectivity index (χ2n) is 6.32. The molecule has 0 radical (unpaired) electrons. The molecule has 0 heterocycles. The first kappa shape index (κ1) is 17.7. The molecule has 0 unspecified atom stereocenters. The molecule has 2 aromatic carbocycles. The number of carbonyl (C=O) groups excluding carboxylic acids is 3. The molecule has 26 heavy (non-hydrogen) atoms. The van der Waals surface area contributed by atoms with Crippen molar-refractivity contribution >= 4 is 29.2 Å². The minimum Gasteiger partial charge on any atom is -0.465 e. The highest BCUT2D eigenvalue weighted by atomic mass is 16.5. The lowest BCUT2D eigenvalue weighted by molar-refractivity contribution is -0.117. The standard InChI is InChI=1S/C20H20N2O4/c1-12-6-9-16(11-17(12)22-18(23)13-7-8-13)21-19(24)14-4-3-5-15(10-14)20(25)26-2/h3-6,9-11,13H,7-8H2,1-2H3,(H,21,24)(H,22,23). The van der Waals surface area contributed by atoms with Crippen LogP contribution in [0, 0.1) is 12.8 Å². The molecule has 0 bridgehead atoms. The van der Waals surface area contributed by atoms with Gasteiger partial charge in [-0.15, -0.1) is 0 Å². The van der Waals surface area contributed by atoms with Crippen molar-refractivity contribution in [2.24, 2.45) is 5.92 Å². The fourth-order valence-corrected chi connectivity index (χ4v) is 2.52. The van der Waals surface area contributed by atoms with E-state index in [-0.39, 0.29) is 17.7 Å². The highest BCUT2D eigenvalue weighted by Crippen LogP contribution is 2.31. The van der Waals surface area contributed by atoms with Gasteiger partial charge in [-0.05, 0) is 55.7 Å². The summed E-state index contributed by atoms with van der Waals surface area (Å²) in [4.78, 5) is 36.0. The van der Waals surface area contributed by atoms with Crippen LogP contribution in [0.1, 0.15) is 39.1 Å². The number of benzene rings is 2. The zero-order valence-electron chi connectivity index (χ0n) is 14.7. The van der Waals surface area contributed by atoms with E-state index >= 15 is 0 Å². The second kappa shape index (κ2) is 7.39. The van der Waals surface area contributed by atoms with Gasteiger partial charge in [0.05, 0.1) is 12.7 Å². The van der Waals surface area contributed by atoms with Gasteiger partial charge in [0, 0.05) is 22.9 Å². The summed E-state index contributed by atoms with van der Waals surface area (Å²) in [6.45, 7) is 1.90. The van der Waals surface area contributed by atoms with Crippen molar-refractivity contribution in [2.45, 2.75) is 19.8 Å². The van der Waals surface area contributed by atoms with Crippen LogP contribution in [-0.4, -0.2) is 24.9 Å². The van der Waals surface area contributed by atoms with E-state index in [2.05, 4.69) is 15.4 Å². The maximum Gasteiger partial charge on any atom is 0.337 e. The van der Waals surface area contributed by atoms with Crippen LogP contribution in [0.3, 0.4) is 0 Å². The number of esters is 1. The van der Waals surface area contributed by atoms with Crippen molar-refractivity contribution in [1.29, 1.82) is 0 Å². The van der Waals surface area contributed by atoms with E-state index in [1.807, 2.05) is 13.0 Å². The maximum absolute atomic E-state index is 12.5. The Bertz CT molecular complexity index is 872. The minimum absolute atomic E-state index is 0.0161. The average Bonchev–Trinajstić information content (AvgIpc) is 3.49. The van der Waals surface area contributed by atoms with Crippen molar-refractivity contribution in [3.63, 3.8) is 0 Å². The van der Waals surface area contributed by atoms with Crippen molar-refractivity contribution < 1.29 is 19.1 Å². The lowest BCUT2D eigenvalue weighted by Gasteiger charge is -2.12. The molecule has 1 saturated carbocycles. The van der Waals surface area contributed by atoms with Gasteiger partial charge in [-0.2, -0.15) is 0 Å². The van der Waals surface area contributed by atoms with Crippen LogP contribution in [0.15, 0.2) is 42.5 Å². The van der Waals surface area contributed by atoms with Gasteiger partial charge in [-0.3, -0.25) is 9.59 Å². The van der Waals surface area contributed by atoms with Crippen LogP contribution in [0.4, 0.5) is 11.4 Å². The SMILES string of the molecule is COC(=O)c1cccc(C(=O)Nc2ccc(C)c(NC(=O)C3CC3)c2)c1. The quantitative estimate of drug-likeness (QED) is 0.808. The van der Waals surface area contributed by atoms with Crippen LogP contribution < -0.4 is 10.6 Å². The summed E-state index contributed by atoms with van der Waals surface area (Å²) in [6.07, 6.45) is 1.86. The summed E-state index contributed by atoms with van der Waals surface area (Å²) < 4.78 is 4.67. The summed E-state index contributed by atoms with van der Waals surface area (Å²) in [6, 6.07) is 11.6. The van der Waals surface area contributed by atoms with Gasteiger partial charge >= 0.3 is 5.97 Å². The molecule has 2 amide bonds. The number of aryl methyl sites for hydroxylation is 1. The molecule has 1 fully saturated rings. The molecule has 0 atom stereocenters. The number of methoxy groups -OCH3 is 1. The molecule has 0 aromatic heterocycles. The number of ether oxygens (including phenoxy) is 1.